The van der Waals surface area contributed by atoms with E-state index in [1.807, 2.05) is 0 Å². The lowest BCUT2D eigenvalue weighted by Crippen LogP contribution is -2.38. The Labute approximate surface area is 171 Å². The predicted octanol–water partition coefficient (Wildman–Crippen LogP) is 3.48. The van der Waals surface area contributed by atoms with Gasteiger partial charge < -0.3 is 15.4 Å². The second-order valence-corrected chi connectivity index (χ2v) is 7.34. The first-order valence-electron chi connectivity index (χ1n) is 8.79. The molecule has 2 N–H and O–H groups in total. The van der Waals surface area contributed by atoms with E-state index in [0.29, 0.717) is 26.8 Å². The van der Waals surface area contributed by atoms with Crippen LogP contribution < -0.4 is 15.4 Å². The molecule has 0 atom stereocenters. The Kier molecular flexibility index (Phi) is 5.19. The van der Waals surface area contributed by atoms with Crippen molar-refractivity contribution in [1.29, 1.82) is 0 Å². The largest absolute Gasteiger partial charge is 0.490 e. The third-order valence-electron chi connectivity index (χ3n) is 4.62. The molecule has 1 saturated heterocycles. The molecule has 1 amide bonds. The van der Waals surface area contributed by atoms with E-state index in [2.05, 4.69) is 19.9 Å². The lowest BCUT2D eigenvalue weighted by Gasteiger charge is -2.32. The second-order valence-electron chi connectivity index (χ2n) is 6.53. The summed E-state index contributed by atoms with van der Waals surface area (Å²) in [4.78, 5) is 26.4. The summed E-state index contributed by atoms with van der Waals surface area (Å²) in [5, 5.41) is 0.921. The van der Waals surface area contributed by atoms with Gasteiger partial charge >= 0.3 is 0 Å². The fourth-order valence-corrected chi connectivity index (χ4v) is 3.48. The molecular weight excluding hydrogens is 401 g/mol. The number of nitrogens with zero attached hydrogens (tertiary/aromatic N) is 4. The molecule has 3 heterocycles. The van der Waals surface area contributed by atoms with Crippen LogP contribution in [0, 0.1) is 0 Å². The van der Waals surface area contributed by atoms with Gasteiger partial charge in [-0.2, -0.15) is 0 Å². The highest BCUT2D eigenvalue weighted by Gasteiger charge is 2.22. The average Bonchev–Trinajstić information content (AvgIpc) is 2.69. The van der Waals surface area contributed by atoms with Crippen LogP contribution in [0.3, 0.4) is 0 Å². The first-order valence-corrected chi connectivity index (χ1v) is 9.54. The molecule has 4 rings (SSSR count). The van der Waals surface area contributed by atoms with E-state index in [-0.39, 0.29) is 11.8 Å². The number of anilines is 1. The maximum atomic E-state index is 11.2. The van der Waals surface area contributed by atoms with Crippen molar-refractivity contribution in [3.63, 3.8) is 0 Å². The maximum absolute atomic E-state index is 11.2. The number of carbonyl (C=O) groups excluding carboxylic acids is 1. The molecule has 1 aromatic carbocycles. The molecule has 0 bridgehead atoms. The molecule has 144 valence electrons. The minimum absolute atomic E-state index is 0.0426. The van der Waals surface area contributed by atoms with Gasteiger partial charge in [-0.1, -0.05) is 23.2 Å². The van der Waals surface area contributed by atoms with Gasteiger partial charge in [0.15, 0.2) is 0 Å². The van der Waals surface area contributed by atoms with Gasteiger partial charge in [0, 0.05) is 38.2 Å². The Balaban J connectivity index is 1.42. The summed E-state index contributed by atoms with van der Waals surface area (Å²) < 4.78 is 5.99. The molecule has 0 saturated carbocycles. The van der Waals surface area contributed by atoms with E-state index in [1.165, 1.54) is 6.20 Å². The van der Waals surface area contributed by atoms with Crippen LogP contribution in [0.5, 0.6) is 5.75 Å². The van der Waals surface area contributed by atoms with Crippen molar-refractivity contribution in [3.8, 4) is 5.75 Å². The number of ether oxygens (including phenoxy) is 1. The monoisotopic (exact) mass is 417 g/mol. The second kappa shape index (κ2) is 7.77. The lowest BCUT2D eigenvalue weighted by atomic mass is 10.1. The van der Waals surface area contributed by atoms with Crippen LogP contribution in [-0.4, -0.2) is 40.1 Å². The number of carbonyl (C=O) groups is 1. The Morgan fingerprint density at radius 3 is 2.54 bits per heavy atom. The number of rotatable bonds is 4. The quantitative estimate of drug-likeness (QED) is 0.697. The van der Waals surface area contributed by atoms with E-state index in [1.54, 1.807) is 30.5 Å². The van der Waals surface area contributed by atoms with E-state index in [4.69, 9.17) is 33.7 Å². The van der Waals surface area contributed by atoms with Gasteiger partial charge in [-0.25, -0.2) is 4.98 Å². The smallest absolute Gasteiger partial charge is 0.267 e. The molecule has 0 radical (unpaired) electrons. The number of nitrogens with two attached hydrogens (primary N) is 1. The van der Waals surface area contributed by atoms with Crippen molar-refractivity contribution in [2.45, 2.75) is 18.9 Å². The molecule has 28 heavy (non-hydrogen) atoms. The number of halogens is 2. The summed E-state index contributed by atoms with van der Waals surface area (Å²) in [5.74, 6) is 0.820. The number of hydrogen-bond acceptors (Lipinski definition) is 6. The highest BCUT2D eigenvalue weighted by Crippen LogP contribution is 2.28. The molecule has 7 nitrogen and oxygen atoms in total. The molecule has 1 aliphatic heterocycles. The highest BCUT2D eigenvalue weighted by atomic mass is 35.5. The highest BCUT2D eigenvalue weighted by molar-refractivity contribution is 6.42. The molecule has 0 spiro atoms. The minimum atomic E-state index is -0.573. The summed E-state index contributed by atoms with van der Waals surface area (Å²) in [7, 11) is 0. The van der Waals surface area contributed by atoms with E-state index in [0.717, 1.165) is 31.7 Å². The van der Waals surface area contributed by atoms with Crippen molar-refractivity contribution in [3.05, 3.63) is 52.4 Å². The normalized spacial score (nSPS) is 15.0. The van der Waals surface area contributed by atoms with Gasteiger partial charge in [0.1, 0.15) is 23.4 Å². The molecule has 0 aliphatic carbocycles. The number of pyridine rings is 1. The topological polar surface area (TPSA) is 94.2 Å². The molecule has 9 heteroatoms. The fraction of sp³-hybridized carbons (Fsp3) is 0.263. The van der Waals surface area contributed by atoms with E-state index in [9.17, 15) is 4.79 Å². The summed E-state index contributed by atoms with van der Waals surface area (Å²) in [6.45, 7) is 1.56. The van der Waals surface area contributed by atoms with Crippen molar-refractivity contribution >= 4 is 46.0 Å². The van der Waals surface area contributed by atoms with Crippen LogP contribution in [0.4, 0.5) is 5.82 Å². The van der Waals surface area contributed by atoms with Crippen LogP contribution in [0.1, 0.15) is 23.3 Å². The first-order chi connectivity index (χ1) is 13.5. The van der Waals surface area contributed by atoms with Crippen molar-refractivity contribution in [1.82, 2.24) is 15.0 Å². The Morgan fingerprint density at radius 2 is 1.82 bits per heavy atom. The lowest BCUT2D eigenvalue weighted by molar-refractivity contribution is 0.0994. The number of piperidine rings is 1. The Hall–Kier alpha value is -2.64. The van der Waals surface area contributed by atoms with Crippen LogP contribution in [0.2, 0.25) is 10.0 Å². The number of primary amides is 1. The molecule has 1 aliphatic rings. The van der Waals surface area contributed by atoms with Crippen molar-refractivity contribution < 1.29 is 9.53 Å². The number of hydrogen-bond donors (Lipinski definition) is 1. The minimum Gasteiger partial charge on any atom is -0.490 e. The zero-order valence-corrected chi connectivity index (χ0v) is 16.3. The number of fused-ring (bicyclic) bond motifs is 1. The first kappa shape index (κ1) is 18.7. The summed E-state index contributed by atoms with van der Waals surface area (Å²) in [5.41, 5.74) is 6.87. The zero-order chi connectivity index (χ0) is 19.7. The number of benzene rings is 1. The van der Waals surface area contributed by atoms with E-state index >= 15 is 0 Å². The number of amides is 1. The fourth-order valence-electron chi connectivity index (χ4n) is 3.17. The van der Waals surface area contributed by atoms with Crippen LogP contribution in [0.15, 0.2) is 36.7 Å². The van der Waals surface area contributed by atoms with Crippen molar-refractivity contribution in [2.75, 3.05) is 18.0 Å². The Morgan fingerprint density at radius 1 is 1.11 bits per heavy atom. The Bertz CT molecular complexity index is 1040. The number of aromatic nitrogens is 3. The van der Waals surface area contributed by atoms with Gasteiger partial charge in [0.2, 0.25) is 0 Å². The van der Waals surface area contributed by atoms with Gasteiger partial charge in [-0.3, -0.25) is 14.8 Å². The maximum Gasteiger partial charge on any atom is 0.267 e. The third kappa shape index (κ3) is 3.95. The summed E-state index contributed by atoms with van der Waals surface area (Å²) in [6, 6.07) is 6.73. The van der Waals surface area contributed by atoms with Gasteiger partial charge in [0.05, 0.1) is 27.3 Å². The third-order valence-corrected chi connectivity index (χ3v) is 5.35. The van der Waals surface area contributed by atoms with Gasteiger partial charge in [0.25, 0.3) is 5.91 Å². The van der Waals surface area contributed by atoms with Crippen LogP contribution >= 0.6 is 23.2 Å². The van der Waals surface area contributed by atoms with Crippen LogP contribution in [-0.2, 0) is 0 Å². The molecule has 3 aromatic rings. The van der Waals surface area contributed by atoms with Crippen molar-refractivity contribution in [2.24, 2.45) is 5.73 Å². The predicted molar refractivity (Wildman–Crippen MR) is 108 cm³/mol. The standard InChI is InChI=1S/C19H17Cl2N5O2/c20-13-8-15-16(9-14(13)21)25-18(10-24-15)26-5-2-11(3-6-26)28-12-1-4-23-17(7-12)19(22)27/h1,4,7-11H,2-3,5-6H2,(H2,22,27). The molecule has 1 fully saturated rings. The molecule has 0 unspecified atom stereocenters. The van der Waals surface area contributed by atoms with Gasteiger partial charge in [-0.15, -0.1) is 0 Å². The average molecular weight is 418 g/mol. The SMILES string of the molecule is NC(=O)c1cc(OC2CCN(c3cnc4cc(Cl)c(Cl)cc4n3)CC2)ccn1. The summed E-state index contributed by atoms with van der Waals surface area (Å²) >= 11 is 12.1. The van der Waals surface area contributed by atoms with E-state index < -0.39 is 5.91 Å². The van der Waals surface area contributed by atoms with Gasteiger partial charge in [-0.05, 0) is 18.2 Å². The molecule has 2 aromatic heterocycles. The summed E-state index contributed by atoms with van der Waals surface area (Å²) in [6.07, 6.45) is 4.94. The zero-order valence-electron chi connectivity index (χ0n) is 14.8. The van der Waals surface area contributed by atoms with Crippen LogP contribution in [0.25, 0.3) is 11.0 Å². The molecular formula is C19H17Cl2N5O2.